The quantitative estimate of drug-likeness (QED) is 0.600. The van der Waals surface area contributed by atoms with Crippen molar-refractivity contribution >= 4 is 11.3 Å². The lowest BCUT2D eigenvalue weighted by atomic mass is 10.3. The number of ether oxygens (including phenoxy) is 1. The smallest absolute Gasteiger partial charge is 0.0590 e. The Hall–Kier alpha value is -0.420. The zero-order valence-electron chi connectivity index (χ0n) is 12.6. The molecule has 0 bridgehead atoms. The van der Waals surface area contributed by atoms with Gasteiger partial charge in [-0.3, -0.25) is 4.90 Å². The normalized spacial score (nSPS) is 15.1. The molecule has 0 aromatic carbocycles. The van der Waals surface area contributed by atoms with E-state index in [0.717, 1.165) is 45.4 Å². The number of nitrogens with zero attached hydrogens (tertiary/aromatic N) is 1. The van der Waals surface area contributed by atoms with Crippen molar-refractivity contribution in [3.63, 3.8) is 0 Å². The highest BCUT2D eigenvalue weighted by Gasteiger charge is 2.28. The van der Waals surface area contributed by atoms with Gasteiger partial charge in [0.15, 0.2) is 0 Å². The third-order valence-electron chi connectivity index (χ3n) is 3.67. The number of rotatable bonds is 12. The van der Waals surface area contributed by atoms with Gasteiger partial charge in [0, 0.05) is 38.8 Å². The van der Waals surface area contributed by atoms with Crippen molar-refractivity contribution in [2.75, 3.05) is 32.8 Å². The molecular weight excluding hydrogens is 268 g/mol. The monoisotopic (exact) mass is 296 g/mol. The molecule has 0 unspecified atom stereocenters. The second kappa shape index (κ2) is 9.50. The average molecular weight is 296 g/mol. The highest BCUT2D eigenvalue weighted by atomic mass is 32.1. The fraction of sp³-hybridized carbons (Fsp3) is 0.750. The zero-order valence-corrected chi connectivity index (χ0v) is 13.5. The Morgan fingerprint density at radius 3 is 2.95 bits per heavy atom. The first-order valence-electron chi connectivity index (χ1n) is 7.93. The van der Waals surface area contributed by atoms with E-state index < -0.39 is 0 Å². The SMILES string of the molecule is CCCCOCCNCCN(Cc1ccsc1)C1CC1. The molecule has 2 rings (SSSR count). The van der Waals surface area contributed by atoms with Gasteiger partial charge in [-0.15, -0.1) is 0 Å². The Kier molecular flexibility index (Phi) is 7.58. The summed E-state index contributed by atoms with van der Waals surface area (Å²) in [6.45, 7) is 8.25. The van der Waals surface area contributed by atoms with Crippen molar-refractivity contribution in [1.29, 1.82) is 0 Å². The highest BCUT2D eigenvalue weighted by Crippen LogP contribution is 2.28. The fourth-order valence-corrected chi connectivity index (χ4v) is 2.95. The lowest BCUT2D eigenvalue weighted by Crippen LogP contribution is -2.34. The van der Waals surface area contributed by atoms with Gasteiger partial charge in [-0.1, -0.05) is 13.3 Å². The molecule has 1 heterocycles. The van der Waals surface area contributed by atoms with Gasteiger partial charge < -0.3 is 10.1 Å². The Bertz CT molecular complexity index is 338. The molecule has 3 nitrogen and oxygen atoms in total. The zero-order chi connectivity index (χ0) is 14.0. The van der Waals surface area contributed by atoms with Crippen LogP contribution in [-0.4, -0.2) is 43.8 Å². The molecular formula is C16H28N2OS. The van der Waals surface area contributed by atoms with Crippen molar-refractivity contribution in [1.82, 2.24) is 10.2 Å². The Morgan fingerprint density at radius 2 is 2.25 bits per heavy atom. The van der Waals surface area contributed by atoms with E-state index >= 15 is 0 Å². The maximum absolute atomic E-state index is 5.55. The summed E-state index contributed by atoms with van der Waals surface area (Å²) in [5, 5.41) is 7.93. The molecule has 1 N–H and O–H groups in total. The number of thiophene rings is 1. The molecule has 20 heavy (non-hydrogen) atoms. The second-order valence-corrected chi connectivity index (χ2v) is 6.33. The summed E-state index contributed by atoms with van der Waals surface area (Å²) >= 11 is 1.80. The van der Waals surface area contributed by atoms with E-state index in [1.807, 2.05) is 0 Å². The number of nitrogens with one attached hydrogen (secondary N) is 1. The van der Waals surface area contributed by atoms with Crippen LogP contribution in [0.3, 0.4) is 0 Å². The maximum atomic E-state index is 5.55. The molecule has 1 saturated carbocycles. The molecule has 114 valence electrons. The molecule has 0 atom stereocenters. The molecule has 4 heteroatoms. The summed E-state index contributed by atoms with van der Waals surface area (Å²) < 4.78 is 5.55. The Labute approximate surface area is 127 Å². The lowest BCUT2D eigenvalue weighted by molar-refractivity contribution is 0.132. The van der Waals surface area contributed by atoms with Crippen molar-refractivity contribution < 1.29 is 4.74 Å². The van der Waals surface area contributed by atoms with Gasteiger partial charge in [0.2, 0.25) is 0 Å². The molecule has 0 aliphatic heterocycles. The maximum Gasteiger partial charge on any atom is 0.0590 e. The minimum absolute atomic E-state index is 0.831. The lowest BCUT2D eigenvalue weighted by Gasteiger charge is -2.21. The number of unbranched alkanes of at least 4 members (excludes halogenated alkanes) is 1. The molecule has 0 spiro atoms. The highest BCUT2D eigenvalue weighted by molar-refractivity contribution is 7.07. The number of hydrogen-bond donors (Lipinski definition) is 1. The van der Waals surface area contributed by atoms with Crippen LogP contribution in [-0.2, 0) is 11.3 Å². The van der Waals surface area contributed by atoms with Crippen LogP contribution in [0.25, 0.3) is 0 Å². The van der Waals surface area contributed by atoms with Crippen LogP contribution in [0, 0.1) is 0 Å². The average Bonchev–Trinajstić information content (AvgIpc) is 3.18. The van der Waals surface area contributed by atoms with Gasteiger partial charge in [0.05, 0.1) is 6.61 Å². The van der Waals surface area contributed by atoms with E-state index in [9.17, 15) is 0 Å². The first-order chi connectivity index (χ1) is 9.90. The molecule has 1 fully saturated rings. The van der Waals surface area contributed by atoms with E-state index in [0.29, 0.717) is 0 Å². The van der Waals surface area contributed by atoms with Crippen LogP contribution >= 0.6 is 11.3 Å². The van der Waals surface area contributed by atoms with Crippen LogP contribution in [0.5, 0.6) is 0 Å². The van der Waals surface area contributed by atoms with E-state index in [1.54, 1.807) is 11.3 Å². The van der Waals surface area contributed by atoms with Crippen molar-refractivity contribution in [2.45, 2.75) is 45.2 Å². The molecule has 0 saturated heterocycles. The fourth-order valence-electron chi connectivity index (χ4n) is 2.29. The summed E-state index contributed by atoms with van der Waals surface area (Å²) in [6, 6.07) is 3.08. The molecule has 0 radical (unpaired) electrons. The third kappa shape index (κ3) is 6.35. The molecule has 1 aromatic heterocycles. The Balaban J connectivity index is 1.52. The number of hydrogen-bond acceptors (Lipinski definition) is 4. The second-order valence-electron chi connectivity index (χ2n) is 5.55. The summed E-state index contributed by atoms with van der Waals surface area (Å²) in [5.41, 5.74) is 1.46. The molecule has 1 aliphatic carbocycles. The van der Waals surface area contributed by atoms with Crippen LogP contribution in [0.1, 0.15) is 38.2 Å². The standard InChI is InChI=1S/C16H28N2OS/c1-2-3-10-19-11-8-17-7-9-18(16-4-5-16)13-15-6-12-20-14-15/h6,12,14,16-17H,2-5,7-11,13H2,1H3. The first-order valence-corrected chi connectivity index (χ1v) is 8.88. The van der Waals surface area contributed by atoms with Crippen LogP contribution in [0.2, 0.25) is 0 Å². The predicted octanol–water partition coefficient (Wildman–Crippen LogP) is 3.12. The first kappa shape index (κ1) is 16.0. The van der Waals surface area contributed by atoms with E-state index in [2.05, 4.69) is 34.0 Å². The van der Waals surface area contributed by atoms with Gasteiger partial charge in [-0.2, -0.15) is 11.3 Å². The van der Waals surface area contributed by atoms with Gasteiger partial charge in [-0.05, 0) is 41.7 Å². The summed E-state index contributed by atoms with van der Waals surface area (Å²) in [5.74, 6) is 0. The largest absolute Gasteiger partial charge is 0.380 e. The van der Waals surface area contributed by atoms with E-state index in [-0.39, 0.29) is 0 Å². The van der Waals surface area contributed by atoms with Crippen molar-refractivity contribution in [2.24, 2.45) is 0 Å². The molecule has 1 aromatic rings. The van der Waals surface area contributed by atoms with Gasteiger partial charge in [-0.25, -0.2) is 0 Å². The van der Waals surface area contributed by atoms with Crippen LogP contribution in [0.15, 0.2) is 16.8 Å². The van der Waals surface area contributed by atoms with Crippen LogP contribution < -0.4 is 5.32 Å². The minimum Gasteiger partial charge on any atom is -0.380 e. The van der Waals surface area contributed by atoms with Crippen molar-refractivity contribution in [3.05, 3.63) is 22.4 Å². The topological polar surface area (TPSA) is 24.5 Å². The summed E-state index contributed by atoms with van der Waals surface area (Å²) in [7, 11) is 0. The van der Waals surface area contributed by atoms with Gasteiger partial charge in [0.25, 0.3) is 0 Å². The van der Waals surface area contributed by atoms with E-state index in [1.165, 1.54) is 31.2 Å². The third-order valence-corrected chi connectivity index (χ3v) is 4.40. The van der Waals surface area contributed by atoms with Crippen LogP contribution in [0.4, 0.5) is 0 Å². The van der Waals surface area contributed by atoms with E-state index in [4.69, 9.17) is 4.74 Å². The van der Waals surface area contributed by atoms with Gasteiger partial charge >= 0.3 is 0 Å². The molecule has 1 aliphatic rings. The summed E-state index contributed by atoms with van der Waals surface area (Å²) in [4.78, 5) is 2.62. The van der Waals surface area contributed by atoms with Crippen molar-refractivity contribution in [3.8, 4) is 0 Å². The minimum atomic E-state index is 0.831. The molecule has 0 amide bonds. The van der Waals surface area contributed by atoms with Gasteiger partial charge in [0.1, 0.15) is 0 Å². The predicted molar refractivity (Wildman–Crippen MR) is 86.3 cm³/mol. The Morgan fingerprint density at radius 1 is 1.35 bits per heavy atom. The summed E-state index contributed by atoms with van der Waals surface area (Å²) in [6.07, 6.45) is 5.15.